The van der Waals surface area contributed by atoms with Crippen LogP contribution in [0.4, 0.5) is 0 Å². The van der Waals surface area contributed by atoms with E-state index in [0.29, 0.717) is 17.7 Å². The average molecular weight is 267 g/mol. The minimum absolute atomic E-state index is 0.0665. The lowest BCUT2D eigenvalue weighted by atomic mass is 9.87. The molecule has 0 bridgehead atoms. The zero-order valence-corrected chi connectivity index (χ0v) is 11.8. The molecule has 4 nitrogen and oxygen atoms in total. The van der Waals surface area contributed by atoms with Crippen molar-refractivity contribution in [2.75, 3.05) is 6.26 Å². The average Bonchev–Trinajstić information content (AvgIpc) is 2.36. The van der Waals surface area contributed by atoms with Crippen LogP contribution >= 0.6 is 11.8 Å². The van der Waals surface area contributed by atoms with Gasteiger partial charge in [0.25, 0.3) is 5.56 Å². The third kappa shape index (κ3) is 3.85. The molecule has 1 aliphatic carbocycles. The number of nitrogens with one attached hydrogen (secondary N) is 2. The monoisotopic (exact) mass is 267 g/mol. The summed E-state index contributed by atoms with van der Waals surface area (Å²) in [5, 5.41) is 4.21. The molecule has 1 aromatic heterocycles. The van der Waals surface area contributed by atoms with Gasteiger partial charge in [0.2, 0.25) is 0 Å². The number of rotatable bonds is 4. The van der Waals surface area contributed by atoms with Gasteiger partial charge in [-0.3, -0.25) is 4.79 Å². The molecule has 2 N–H and O–H groups in total. The highest BCUT2D eigenvalue weighted by Crippen LogP contribution is 2.23. The Bertz CT molecular complexity index is 446. The van der Waals surface area contributed by atoms with Gasteiger partial charge < -0.3 is 10.3 Å². The molecular weight excluding hydrogens is 246 g/mol. The zero-order valence-electron chi connectivity index (χ0n) is 11.0. The number of nitrogens with zero attached hydrogens (tertiary/aromatic N) is 1. The van der Waals surface area contributed by atoms with Gasteiger partial charge >= 0.3 is 0 Å². The molecule has 0 saturated heterocycles. The molecule has 0 amide bonds. The fraction of sp³-hybridized carbons (Fsp3) is 0.692. The van der Waals surface area contributed by atoms with Gasteiger partial charge in [-0.15, -0.1) is 0 Å². The van der Waals surface area contributed by atoms with Crippen LogP contribution in [-0.4, -0.2) is 22.3 Å². The number of H-pyrrole nitrogens is 1. The van der Waals surface area contributed by atoms with Crippen LogP contribution in [0.15, 0.2) is 16.0 Å². The summed E-state index contributed by atoms with van der Waals surface area (Å²) in [7, 11) is 0. The van der Waals surface area contributed by atoms with E-state index in [1.807, 2.05) is 6.26 Å². The fourth-order valence-electron chi connectivity index (χ4n) is 2.54. The molecule has 1 aliphatic rings. The summed E-state index contributed by atoms with van der Waals surface area (Å²) in [4.78, 5) is 18.5. The molecule has 0 spiro atoms. The summed E-state index contributed by atoms with van der Waals surface area (Å²) in [5.41, 5.74) is 0.768. The maximum absolute atomic E-state index is 11.4. The van der Waals surface area contributed by atoms with Gasteiger partial charge in [0.15, 0.2) is 5.16 Å². The molecule has 0 aliphatic heterocycles. The van der Waals surface area contributed by atoms with Gasteiger partial charge in [-0.05, 0) is 25.0 Å². The number of aromatic amines is 1. The first kappa shape index (κ1) is 13.6. The first-order valence-electron chi connectivity index (χ1n) is 6.55. The molecule has 0 radical (unpaired) electrons. The molecule has 18 heavy (non-hydrogen) atoms. The maximum Gasteiger partial charge on any atom is 0.251 e. The number of thioether (sulfide) groups is 1. The number of aromatic nitrogens is 2. The largest absolute Gasteiger partial charge is 0.308 e. The first-order chi connectivity index (χ1) is 8.67. The van der Waals surface area contributed by atoms with Crippen LogP contribution in [0.25, 0.3) is 0 Å². The summed E-state index contributed by atoms with van der Waals surface area (Å²) < 4.78 is 0. The topological polar surface area (TPSA) is 57.8 Å². The predicted octanol–water partition coefficient (Wildman–Crippen LogP) is 2.16. The highest BCUT2D eigenvalue weighted by atomic mass is 32.2. The number of hydrogen-bond donors (Lipinski definition) is 2. The SMILES string of the molecule is CSc1nc(CNC2CCCC(C)C2)cc(=O)[nH]1. The van der Waals surface area contributed by atoms with Crippen molar-refractivity contribution in [3.05, 3.63) is 22.1 Å². The lowest BCUT2D eigenvalue weighted by Crippen LogP contribution is -2.33. The van der Waals surface area contributed by atoms with E-state index >= 15 is 0 Å². The lowest BCUT2D eigenvalue weighted by Gasteiger charge is -2.27. The third-order valence-corrected chi connectivity index (χ3v) is 4.05. The molecule has 1 aromatic rings. The van der Waals surface area contributed by atoms with Gasteiger partial charge in [-0.1, -0.05) is 31.5 Å². The Kier molecular flexibility index (Phi) is 4.83. The van der Waals surface area contributed by atoms with E-state index in [0.717, 1.165) is 11.6 Å². The molecule has 1 saturated carbocycles. The third-order valence-electron chi connectivity index (χ3n) is 3.47. The maximum atomic E-state index is 11.4. The smallest absolute Gasteiger partial charge is 0.251 e. The quantitative estimate of drug-likeness (QED) is 0.648. The van der Waals surface area contributed by atoms with E-state index in [4.69, 9.17) is 0 Å². The van der Waals surface area contributed by atoms with E-state index in [2.05, 4.69) is 22.2 Å². The molecular formula is C13H21N3OS. The molecule has 0 aromatic carbocycles. The fourth-order valence-corrected chi connectivity index (χ4v) is 2.95. The normalized spacial score (nSPS) is 24.1. The summed E-state index contributed by atoms with van der Waals surface area (Å²) in [6, 6.07) is 2.16. The van der Waals surface area contributed by atoms with Gasteiger partial charge in [-0.2, -0.15) is 0 Å². The van der Waals surface area contributed by atoms with Crippen molar-refractivity contribution < 1.29 is 0 Å². The van der Waals surface area contributed by atoms with E-state index in [1.165, 1.54) is 37.4 Å². The Morgan fingerprint density at radius 3 is 3.11 bits per heavy atom. The van der Waals surface area contributed by atoms with Crippen molar-refractivity contribution in [2.24, 2.45) is 5.92 Å². The Balaban J connectivity index is 1.93. The lowest BCUT2D eigenvalue weighted by molar-refractivity contribution is 0.299. The van der Waals surface area contributed by atoms with Gasteiger partial charge in [-0.25, -0.2) is 4.98 Å². The van der Waals surface area contributed by atoms with Crippen LogP contribution in [-0.2, 0) is 6.54 Å². The second-order valence-electron chi connectivity index (χ2n) is 5.10. The summed E-state index contributed by atoms with van der Waals surface area (Å²) >= 11 is 1.46. The minimum Gasteiger partial charge on any atom is -0.308 e. The van der Waals surface area contributed by atoms with Crippen LogP contribution < -0.4 is 10.9 Å². The Morgan fingerprint density at radius 2 is 2.39 bits per heavy atom. The highest BCUT2D eigenvalue weighted by Gasteiger charge is 2.18. The second kappa shape index (κ2) is 6.38. The first-order valence-corrected chi connectivity index (χ1v) is 7.77. The van der Waals surface area contributed by atoms with Crippen molar-refractivity contribution in [1.82, 2.24) is 15.3 Å². The van der Waals surface area contributed by atoms with E-state index in [1.54, 1.807) is 6.07 Å². The van der Waals surface area contributed by atoms with Crippen LogP contribution in [0.3, 0.4) is 0 Å². The Labute approximate surface area is 112 Å². The summed E-state index contributed by atoms with van der Waals surface area (Å²) in [5.74, 6) is 0.810. The summed E-state index contributed by atoms with van der Waals surface area (Å²) in [6.07, 6.45) is 7.04. The van der Waals surface area contributed by atoms with Gasteiger partial charge in [0.1, 0.15) is 0 Å². The van der Waals surface area contributed by atoms with Crippen molar-refractivity contribution in [2.45, 2.75) is 50.4 Å². The highest BCUT2D eigenvalue weighted by molar-refractivity contribution is 7.98. The predicted molar refractivity (Wildman–Crippen MR) is 74.9 cm³/mol. The number of hydrogen-bond acceptors (Lipinski definition) is 4. The van der Waals surface area contributed by atoms with E-state index in [9.17, 15) is 4.79 Å². The molecule has 100 valence electrons. The van der Waals surface area contributed by atoms with Crippen LogP contribution in [0.5, 0.6) is 0 Å². The minimum atomic E-state index is -0.0665. The van der Waals surface area contributed by atoms with E-state index in [-0.39, 0.29) is 5.56 Å². The standard InChI is InChI=1S/C13H21N3OS/c1-9-4-3-5-10(6-9)14-8-11-7-12(17)16-13(15-11)18-2/h7,9-10,14H,3-6,8H2,1-2H3,(H,15,16,17). The van der Waals surface area contributed by atoms with Crippen molar-refractivity contribution >= 4 is 11.8 Å². The molecule has 2 atom stereocenters. The van der Waals surface area contributed by atoms with Crippen molar-refractivity contribution in [3.63, 3.8) is 0 Å². The Hall–Kier alpha value is -0.810. The van der Waals surface area contributed by atoms with Crippen LogP contribution in [0.1, 0.15) is 38.3 Å². The molecule has 2 unspecified atom stereocenters. The van der Waals surface area contributed by atoms with Crippen molar-refractivity contribution in [1.29, 1.82) is 0 Å². The Morgan fingerprint density at radius 1 is 1.56 bits per heavy atom. The molecule has 5 heteroatoms. The van der Waals surface area contributed by atoms with Gasteiger partial charge in [0.05, 0.1) is 5.69 Å². The second-order valence-corrected chi connectivity index (χ2v) is 5.89. The van der Waals surface area contributed by atoms with Crippen molar-refractivity contribution in [3.8, 4) is 0 Å². The molecule has 2 rings (SSSR count). The molecule has 1 heterocycles. The van der Waals surface area contributed by atoms with Crippen LogP contribution in [0.2, 0.25) is 0 Å². The summed E-state index contributed by atoms with van der Waals surface area (Å²) in [6.45, 7) is 3.00. The molecule has 1 fully saturated rings. The van der Waals surface area contributed by atoms with Crippen LogP contribution in [0, 0.1) is 5.92 Å². The zero-order chi connectivity index (χ0) is 13.0. The van der Waals surface area contributed by atoms with E-state index < -0.39 is 0 Å². The van der Waals surface area contributed by atoms with Gasteiger partial charge in [0, 0.05) is 18.7 Å².